The first-order valence-electron chi connectivity index (χ1n) is 4.77. The van der Waals surface area contributed by atoms with Gasteiger partial charge in [-0.15, -0.1) is 0 Å². The first-order valence-corrected chi connectivity index (χ1v) is 4.77. The van der Waals surface area contributed by atoms with Crippen LogP contribution in [0.1, 0.15) is 13.8 Å². The minimum atomic E-state index is -0.224. The summed E-state index contributed by atoms with van der Waals surface area (Å²) in [7, 11) is 0. The molecule has 1 heterocycles. The Morgan fingerprint density at radius 2 is 2.36 bits per heavy atom. The molecule has 3 heteroatoms. The fourth-order valence-electron chi connectivity index (χ4n) is 1.82. The van der Waals surface area contributed by atoms with Gasteiger partial charge in [-0.05, 0) is 25.5 Å². The summed E-state index contributed by atoms with van der Waals surface area (Å²) in [4.78, 5) is 0. The lowest BCUT2D eigenvalue weighted by atomic mass is 9.82. The van der Waals surface area contributed by atoms with Crippen molar-refractivity contribution in [2.75, 3.05) is 0 Å². The summed E-state index contributed by atoms with van der Waals surface area (Å²) >= 11 is 0. The number of rotatable bonds is 1. The maximum atomic E-state index is 6.11. The van der Waals surface area contributed by atoms with Crippen molar-refractivity contribution in [3.05, 3.63) is 42.3 Å². The molecule has 74 valence electrons. The molecule has 0 aliphatic heterocycles. The molecule has 1 aliphatic rings. The van der Waals surface area contributed by atoms with Crippen LogP contribution in [0, 0.1) is 0 Å². The fourth-order valence-corrected chi connectivity index (χ4v) is 1.82. The van der Waals surface area contributed by atoms with Gasteiger partial charge in [-0.3, -0.25) is 4.68 Å². The predicted octanol–water partition coefficient (Wildman–Crippen LogP) is 1.44. The third-order valence-electron chi connectivity index (χ3n) is 3.09. The van der Waals surface area contributed by atoms with Crippen molar-refractivity contribution in [3.8, 4) is 0 Å². The summed E-state index contributed by atoms with van der Waals surface area (Å²) in [5.41, 5.74) is 7.12. The summed E-state index contributed by atoms with van der Waals surface area (Å²) in [6.07, 6.45) is 9.84. The molecule has 1 aromatic heterocycles. The minimum Gasteiger partial charge on any atom is -0.322 e. The van der Waals surface area contributed by atoms with Gasteiger partial charge in [-0.25, -0.2) is 0 Å². The van der Waals surface area contributed by atoms with Crippen LogP contribution in [0.2, 0.25) is 0 Å². The second kappa shape index (κ2) is 3.10. The van der Waals surface area contributed by atoms with Crippen LogP contribution in [-0.4, -0.2) is 15.8 Å². The lowest BCUT2D eigenvalue weighted by molar-refractivity contribution is 0.308. The number of hydrogen-bond acceptors (Lipinski definition) is 2. The van der Waals surface area contributed by atoms with Gasteiger partial charge in [0, 0.05) is 12.4 Å². The SMILES string of the molecule is CC1=CC=CC(N)C1(C)n1cccn1. The lowest BCUT2D eigenvalue weighted by Crippen LogP contribution is -2.48. The van der Waals surface area contributed by atoms with Crippen molar-refractivity contribution in [3.63, 3.8) is 0 Å². The largest absolute Gasteiger partial charge is 0.322 e. The quantitative estimate of drug-likeness (QED) is 0.726. The van der Waals surface area contributed by atoms with Crippen LogP contribution >= 0.6 is 0 Å². The van der Waals surface area contributed by atoms with E-state index < -0.39 is 0 Å². The lowest BCUT2D eigenvalue weighted by Gasteiger charge is -2.37. The molecule has 2 unspecified atom stereocenters. The number of aromatic nitrogens is 2. The van der Waals surface area contributed by atoms with Crippen molar-refractivity contribution in [2.24, 2.45) is 5.73 Å². The van der Waals surface area contributed by atoms with Crippen LogP contribution in [0.25, 0.3) is 0 Å². The molecule has 1 aliphatic carbocycles. The summed E-state index contributed by atoms with van der Waals surface area (Å²) in [5, 5.41) is 4.27. The van der Waals surface area contributed by atoms with Crippen LogP contribution in [0.4, 0.5) is 0 Å². The molecule has 2 atom stereocenters. The maximum Gasteiger partial charge on any atom is 0.0994 e. The Kier molecular flexibility index (Phi) is 2.04. The van der Waals surface area contributed by atoms with Gasteiger partial charge in [0.25, 0.3) is 0 Å². The molecule has 2 N–H and O–H groups in total. The Hall–Kier alpha value is -1.35. The van der Waals surface area contributed by atoms with Gasteiger partial charge in [-0.2, -0.15) is 5.10 Å². The highest BCUT2D eigenvalue weighted by Crippen LogP contribution is 2.30. The monoisotopic (exact) mass is 189 g/mol. The molecular weight excluding hydrogens is 174 g/mol. The molecule has 0 amide bonds. The first-order chi connectivity index (χ1) is 6.65. The first kappa shape index (κ1) is 9.21. The minimum absolute atomic E-state index is 0.0209. The molecule has 0 radical (unpaired) electrons. The zero-order valence-electron chi connectivity index (χ0n) is 8.51. The molecule has 0 saturated heterocycles. The second-order valence-electron chi connectivity index (χ2n) is 3.86. The molecule has 0 aromatic carbocycles. The average molecular weight is 189 g/mol. The van der Waals surface area contributed by atoms with Gasteiger partial charge in [0.1, 0.15) is 0 Å². The van der Waals surface area contributed by atoms with Crippen molar-refractivity contribution in [1.82, 2.24) is 9.78 Å². The summed E-state index contributed by atoms with van der Waals surface area (Å²) in [5.74, 6) is 0. The summed E-state index contributed by atoms with van der Waals surface area (Å²) in [6.45, 7) is 4.20. The van der Waals surface area contributed by atoms with E-state index in [0.29, 0.717) is 0 Å². The van der Waals surface area contributed by atoms with Gasteiger partial charge in [0.15, 0.2) is 0 Å². The van der Waals surface area contributed by atoms with Crippen molar-refractivity contribution < 1.29 is 0 Å². The third-order valence-corrected chi connectivity index (χ3v) is 3.09. The zero-order valence-corrected chi connectivity index (χ0v) is 8.51. The van der Waals surface area contributed by atoms with E-state index in [0.717, 1.165) is 0 Å². The van der Waals surface area contributed by atoms with Gasteiger partial charge < -0.3 is 5.73 Å². The third kappa shape index (κ3) is 1.13. The molecular formula is C11H15N3. The number of allylic oxidation sites excluding steroid dienone is 2. The molecule has 0 saturated carbocycles. The topological polar surface area (TPSA) is 43.8 Å². The number of nitrogens with zero attached hydrogens (tertiary/aromatic N) is 2. The van der Waals surface area contributed by atoms with Gasteiger partial charge >= 0.3 is 0 Å². The van der Waals surface area contributed by atoms with Crippen LogP contribution < -0.4 is 5.73 Å². The van der Waals surface area contributed by atoms with Gasteiger partial charge in [-0.1, -0.05) is 18.2 Å². The molecule has 0 fully saturated rings. The zero-order chi connectivity index (χ0) is 10.2. The van der Waals surface area contributed by atoms with E-state index in [-0.39, 0.29) is 11.6 Å². The Morgan fingerprint density at radius 3 is 2.93 bits per heavy atom. The van der Waals surface area contributed by atoms with Crippen LogP contribution in [0.15, 0.2) is 42.3 Å². The normalized spacial score (nSPS) is 31.6. The van der Waals surface area contributed by atoms with Crippen molar-refractivity contribution in [2.45, 2.75) is 25.4 Å². The van der Waals surface area contributed by atoms with Gasteiger partial charge in [0.05, 0.1) is 11.6 Å². The fraction of sp³-hybridized carbons (Fsp3) is 0.364. The van der Waals surface area contributed by atoms with Crippen LogP contribution in [-0.2, 0) is 5.54 Å². The van der Waals surface area contributed by atoms with Crippen molar-refractivity contribution in [1.29, 1.82) is 0 Å². The summed E-state index contributed by atoms with van der Waals surface area (Å²) < 4.78 is 1.92. The number of nitrogens with two attached hydrogens (primary N) is 1. The molecule has 0 spiro atoms. The molecule has 2 rings (SSSR count). The van der Waals surface area contributed by atoms with E-state index in [1.165, 1.54) is 5.57 Å². The smallest absolute Gasteiger partial charge is 0.0994 e. The summed E-state index contributed by atoms with van der Waals surface area (Å²) in [6, 6.07) is 1.90. The standard InChI is InChI=1S/C11H15N3/c1-9-5-3-6-10(12)11(9,2)14-8-4-7-13-14/h3-8,10H,12H2,1-2H3. The van der Waals surface area contributed by atoms with Crippen molar-refractivity contribution >= 4 is 0 Å². The van der Waals surface area contributed by atoms with E-state index in [1.807, 2.05) is 29.1 Å². The molecule has 0 bridgehead atoms. The predicted molar refractivity (Wildman–Crippen MR) is 56.7 cm³/mol. The second-order valence-corrected chi connectivity index (χ2v) is 3.86. The van der Waals surface area contributed by atoms with Crippen LogP contribution in [0.5, 0.6) is 0 Å². The molecule has 14 heavy (non-hydrogen) atoms. The van der Waals surface area contributed by atoms with Crippen LogP contribution in [0.3, 0.4) is 0 Å². The number of hydrogen-bond donors (Lipinski definition) is 1. The highest BCUT2D eigenvalue weighted by atomic mass is 15.3. The Balaban J connectivity index is 2.49. The molecule has 3 nitrogen and oxygen atoms in total. The Labute approximate surface area is 83.9 Å². The molecule has 1 aromatic rings. The Morgan fingerprint density at radius 1 is 1.57 bits per heavy atom. The van der Waals surface area contributed by atoms with E-state index in [2.05, 4.69) is 25.0 Å². The van der Waals surface area contributed by atoms with E-state index in [4.69, 9.17) is 5.73 Å². The van der Waals surface area contributed by atoms with E-state index in [9.17, 15) is 0 Å². The van der Waals surface area contributed by atoms with E-state index in [1.54, 1.807) is 6.20 Å². The van der Waals surface area contributed by atoms with E-state index >= 15 is 0 Å². The van der Waals surface area contributed by atoms with Gasteiger partial charge in [0.2, 0.25) is 0 Å². The Bertz CT molecular complexity index is 375. The maximum absolute atomic E-state index is 6.11. The average Bonchev–Trinajstić information content (AvgIpc) is 2.67. The highest BCUT2D eigenvalue weighted by Gasteiger charge is 2.35. The highest BCUT2D eigenvalue weighted by molar-refractivity contribution is 5.31.